The Labute approximate surface area is 82.0 Å². The maximum Gasteiger partial charge on any atom is 0.123 e. The largest absolute Gasteiger partial charge is 0.398 e. The minimum absolute atomic E-state index is 0.395. The predicted molar refractivity (Wildman–Crippen MR) is 55.6 cm³/mol. The molecular weight excluding hydrogens is 186 g/mol. The van der Waals surface area contributed by atoms with Crippen LogP contribution in [-0.4, -0.2) is 6.29 Å². The number of anilines is 1. The molecule has 1 rings (SSSR count). The lowest BCUT2D eigenvalue weighted by Crippen LogP contribution is -1.88. The first-order chi connectivity index (χ1) is 6.24. The molecule has 3 heteroatoms. The van der Waals surface area contributed by atoms with Crippen LogP contribution in [0.3, 0.4) is 0 Å². The molecule has 0 aromatic heterocycles. The molecule has 0 radical (unpaired) electrons. The normalized spacial score (nSPS) is 10.5. The standard InChI is InChI=1S/C10H10ClNO/c11-9-4-5-10(12)8(7-9)3-1-2-6-13/h1,3-7H,2,12H2. The van der Waals surface area contributed by atoms with E-state index < -0.39 is 0 Å². The highest BCUT2D eigenvalue weighted by Gasteiger charge is 1.94. The van der Waals surface area contributed by atoms with Crippen molar-refractivity contribution in [3.63, 3.8) is 0 Å². The lowest BCUT2D eigenvalue weighted by atomic mass is 10.1. The van der Waals surface area contributed by atoms with Gasteiger partial charge in [0.25, 0.3) is 0 Å². The lowest BCUT2D eigenvalue weighted by molar-refractivity contribution is -0.107. The van der Waals surface area contributed by atoms with Crippen LogP contribution >= 0.6 is 11.6 Å². The Kier molecular flexibility index (Phi) is 3.53. The summed E-state index contributed by atoms with van der Waals surface area (Å²) in [6, 6.07) is 5.23. The zero-order chi connectivity index (χ0) is 9.68. The molecule has 2 nitrogen and oxygen atoms in total. The van der Waals surface area contributed by atoms with Crippen molar-refractivity contribution >= 4 is 29.7 Å². The van der Waals surface area contributed by atoms with Crippen LogP contribution in [0.25, 0.3) is 6.08 Å². The Morgan fingerprint density at radius 1 is 1.46 bits per heavy atom. The van der Waals surface area contributed by atoms with Gasteiger partial charge < -0.3 is 10.5 Å². The van der Waals surface area contributed by atoms with Gasteiger partial charge in [-0.05, 0) is 23.8 Å². The van der Waals surface area contributed by atoms with E-state index in [2.05, 4.69) is 0 Å². The molecule has 0 saturated carbocycles. The Balaban J connectivity index is 2.86. The molecule has 0 spiro atoms. The summed E-state index contributed by atoms with van der Waals surface area (Å²) < 4.78 is 0. The molecule has 1 aromatic rings. The number of carbonyl (C=O) groups is 1. The van der Waals surface area contributed by atoms with E-state index in [1.165, 1.54) is 0 Å². The minimum Gasteiger partial charge on any atom is -0.398 e. The first-order valence-corrected chi connectivity index (χ1v) is 4.27. The van der Waals surface area contributed by atoms with E-state index in [9.17, 15) is 4.79 Å². The molecule has 0 aliphatic rings. The van der Waals surface area contributed by atoms with Gasteiger partial charge in [0.05, 0.1) is 0 Å². The molecule has 0 aliphatic heterocycles. The van der Waals surface area contributed by atoms with Gasteiger partial charge in [-0.25, -0.2) is 0 Å². The minimum atomic E-state index is 0.395. The zero-order valence-electron chi connectivity index (χ0n) is 7.03. The van der Waals surface area contributed by atoms with Crippen LogP contribution in [-0.2, 0) is 4.79 Å². The van der Waals surface area contributed by atoms with Crippen LogP contribution in [0.4, 0.5) is 5.69 Å². The summed E-state index contributed by atoms with van der Waals surface area (Å²) in [6.45, 7) is 0. The van der Waals surface area contributed by atoms with E-state index in [0.717, 1.165) is 11.8 Å². The number of nitrogens with two attached hydrogens (primary N) is 1. The van der Waals surface area contributed by atoms with Gasteiger partial charge in [-0.2, -0.15) is 0 Å². The van der Waals surface area contributed by atoms with E-state index in [1.54, 1.807) is 30.4 Å². The fourth-order valence-electron chi connectivity index (χ4n) is 0.941. The van der Waals surface area contributed by atoms with E-state index in [0.29, 0.717) is 17.1 Å². The van der Waals surface area contributed by atoms with Crippen molar-refractivity contribution in [2.24, 2.45) is 0 Å². The van der Waals surface area contributed by atoms with Crippen LogP contribution < -0.4 is 5.73 Å². The number of nitrogen functional groups attached to an aromatic ring is 1. The second kappa shape index (κ2) is 4.67. The average molecular weight is 196 g/mol. The van der Waals surface area contributed by atoms with Crippen LogP contribution in [0.5, 0.6) is 0 Å². The van der Waals surface area contributed by atoms with Gasteiger partial charge in [0, 0.05) is 17.1 Å². The number of carbonyl (C=O) groups excluding carboxylic acids is 1. The number of aldehydes is 1. The van der Waals surface area contributed by atoms with E-state index in [-0.39, 0.29) is 0 Å². The third-order valence-electron chi connectivity index (χ3n) is 1.58. The lowest BCUT2D eigenvalue weighted by Gasteiger charge is -1.99. The fourth-order valence-corrected chi connectivity index (χ4v) is 1.12. The van der Waals surface area contributed by atoms with Crippen LogP contribution in [0, 0.1) is 0 Å². The van der Waals surface area contributed by atoms with Gasteiger partial charge in [-0.1, -0.05) is 23.8 Å². The highest BCUT2D eigenvalue weighted by Crippen LogP contribution is 2.19. The quantitative estimate of drug-likeness (QED) is 0.595. The number of rotatable bonds is 3. The number of hydrogen-bond acceptors (Lipinski definition) is 2. The van der Waals surface area contributed by atoms with Crippen LogP contribution in [0.2, 0.25) is 5.02 Å². The second-order valence-electron chi connectivity index (χ2n) is 2.58. The smallest absolute Gasteiger partial charge is 0.123 e. The average Bonchev–Trinajstić information content (AvgIpc) is 2.11. The van der Waals surface area contributed by atoms with Crippen LogP contribution in [0.15, 0.2) is 24.3 Å². The molecule has 0 bridgehead atoms. The first kappa shape index (κ1) is 9.81. The van der Waals surface area contributed by atoms with Crippen molar-refractivity contribution in [2.45, 2.75) is 6.42 Å². The first-order valence-electron chi connectivity index (χ1n) is 3.89. The van der Waals surface area contributed by atoms with Gasteiger partial charge in [-0.3, -0.25) is 0 Å². The highest BCUT2D eigenvalue weighted by atomic mass is 35.5. The van der Waals surface area contributed by atoms with Crippen molar-refractivity contribution < 1.29 is 4.79 Å². The number of halogens is 1. The molecule has 68 valence electrons. The molecule has 13 heavy (non-hydrogen) atoms. The van der Waals surface area contributed by atoms with Gasteiger partial charge in [0.15, 0.2) is 0 Å². The van der Waals surface area contributed by atoms with Crippen molar-refractivity contribution in [2.75, 3.05) is 5.73 Å². The summed E-state index contributed by atoms with van der Waals surface area (Å²) in [5.41, 5.74) is 7.17. The maximum atomic E-state index is 10.0. The molecule has 0 saturated heterocycles. The van der Waals surface area contributed by atoms with Crippen molar-refractivity contribution in [3.8, 4) is 0 Å². The molecule has 0 fully saturated rings. The maximum absolute atomic E-state index is 10.0. The number of allylic oxidation sites excluding steroid dienone is 1. The molecule has 2 N–H and O–H groups in total. The van der Waals surface area contributed by atoms with E-state index >= 15 is 0 Å². The monoisotopic (exact) mass is 195 g/mol. The Bertz CT molecular complexity index is 334. The van der Waals surface area contributed by atoms with E-state index in [4.69, 9.17) is 17.3 Å². The molecule has 0 amide bonds. The summed E-state index contributed by atoms with van der Waals surface area (Å²) in [7, 11) is 0. The number of benzene rings is 1. The molecule has 0 atom stereocenters. The third kappa shape index (κ3) is 2.92. The van der Waals surface area contributed by atoms with Crippen molar-refractivity contribution in [3.05, 3.63) is 34.9 Å². The molecule has 0 aliphatic carbocycles. The molecule has 0 heterocycles. The summed E-state index contributed by atoms with van der Waals surface area (Å²) in [5, 5.41) is 0.639. The fraction of sp³-hybridized carbons (Fsp3) is 0.100. The van der Waals surface area contributed by atoms with E-state index in [1.807, 2.05) is 0 Å². The van der Waals surface area contributed by atoms with Crippen molar-refractivity contribution in [1.82, 2.24) is 0 Å². The summed E-state index contributed by atoms with van der Waals surface area (Å²) >= 11 is 5.77. The predicted octanol–water partition coefficient (Wildman–Crippen LogP) is 2.52. The number of hydrogen-bond donors (Lipinski definition) is 1. The van der Waals surface area contributed by atoms with Gasteiger partial charge >= 0.3 is 0 Å². The summed E-state index contributed by atoms with van der Waals surface area (Å²) in [5.74, 6) is 0. The Morgan fingerprint density at radius 3 is 2.92 bits per heavy atom. The topological polar surface area (TPSA) is 43.1 Å². The highest BCUT2D eigenvalue weighted by molar-refractivity contribution is 6.30. The Hall–Kier alpha value is -1.28. The molecular formula is C10H10ClNO. The molecule has 0 unspecified atom stereocenters. The SMILES string of the molecule is Nc1ccc(Cl)cc1C=CCC=O. The van der Waals surface area contributed by atoms with Crippen LogP contribution in [0.1, 0.15) is 12.0 Å². The van der Waals surface area contributed by atoms with Gasteiger partial charge in [0.2, 0.25) is 0 Å². The van der Waals surface area contributed by atoms with Crippen molar-refractivity contribution in [1.29, 1.82) is 0 Å². The second-order valence-corrected chi connectivity index (χ2v) is 3.01. The van der Waals surface area contributed by atoms with Gasteiger partial charge in [-0.15, -0.1) is 0 Å². The Morgan fingerprint density at radius 2 is 2.23 bits per heavy atom. The molecule has 1 aromatic carbocycles. The van der Waals surface area contributed by atoms with Gasteiger partial charge in [0.1, 0.15) is 6.29 Å². The zero-order valence-corrected chi connectivity index (χ0v) is 7.79. The summed E-state index contributed by atoms with van der Waals surface area (Å²) in [6.07, 6.45) is 4.76. The third-order valence-corrected chi connectivity index (χ3v) is 1.81. The summed E-state index contributed by atoms with van der Waals surface area (Å²) in [4.78, 5) is 10.0.